The molecule has 6 aromatic rings. The fourth-order valence-corrected chi connectivity index (χ4v) is 9.62. The van der Waals surface area contributed by atoms with Crippen LogP contribution in [0.2, 0.25) is 0 Å². The Kier molecular flexibility index (Phi) is 18.7. The number of ether oxygens (including phenoxy) is 6. The Morgan fingerprint density at radius 1 is 0.384 bits per heavy atom. The summed E-state index contributed by atoms with van der Waals surface area (Å²) in [5.74, 6) is -4.54. The van der Waals surface area contributed by atoms with Crippen LogP contribution in [0, 0.1) is 0 Å². The number of nitrogens with two attached hydrogens (primary N) is 3. The summed E-state index contributed by atoms with van der Waals surface area (Å²) in [6.07, 6.45) is 4.61. The number of rotatable bonds is 21. The van der Waals surface area contributed by atoms with Crippen LogP contribution in [0.4, 0.5) is 47.1 Å². The minimum Gasteiger partial charge on any atom is -0.462 e. The highest BCUT2D eigenvalue weighted by Gasteiger charge is 2.32. The SMILES string of the molecule is CCOC(=O)c1c(N)sc(/N=C/c2ccc(N(c3ccc(/C=N/c4sc(N)c(C(=O)OCC)c4C(=O)OCC)cc3)c3ccc(/C=N/c4sc(N)c(C(=O)OCC)c4C(=O)OCC)cc3)cc2)c1C(=O)OCC. The molecule has 0 atom stereocenters. The van der Waals surface area contributed by atoms with Gasteiger partial charge in [0.15, 0.2) is 0 Å². The van der Waals surface area contributed by atoms with Crippen LogP contribution < -0.4 is 22.1 Å². The van der Waals surface area contributed by atoms with Crippen molar-refractivity contribution in [3.05, 3.63) is 123 Å². The van der Waals surface area contributed by atoms with Crippen molar-refractivity contribution in [2.45, 2.75) is 41.5 Å². The number of nitrogen functional groups attached to an aromatic ring is 3. The minimum absolute atomic E-state index is 0.0641. The summed E-state index contributed by atoms with van der Waals surface area (Å²) in [6, 6.07) is 22.1. The van der Waals surface area contributed by atoms with Gasteiger partial charge in [-0.3, -0.25) is 0 Å². The van der Waals surface area contributed by atoms with Crippen LogP contribution in [0.3, 0.4) is 0 Å². The van der Waals surface area contributed by atoms with Gasteiger partial charge in [-0.1, -0.05) is 70.4 Å². The number of anilines is 6. The van der Waals surface area contributed by atoms with Gasteiger partial charge in [-0.2, -0.15) is 0 Å². The highest BCUT2D eigenvalue weighted by molar-refractivity contribution is 7.21. The molecule has 6 N–H and O–H groups in total. The number of carbonyl (C=O) groups excluding carboxylic acids is 6. The zero-order valence-corrected chi connectivity index (χ0v) is 43.0. The number of carbonyl (C=O) groups is 6. The van der Waals surface area contributed by atoms with E-state index in [2.05, 4.69) is 15.0 Å². The van der Waals surface area contributed by atoms with Crippen LogP contribution in [0.1, 0.15) is 120 Å². The van der Waals surface area contributed by atoms with Gasteiger partial charge >= 0.3 is 35.8 Å². The van der Waals surface area contributed by atoms with Crippen LogP contribution in [0.15, 0.2) is 87.8 Å². The highest BCUT2D eigenvalue weighted by Crippen LogP contribution is 2.42. The fourth-order valence-electron chi connectivity index (χ4n) is 6.95. The molecule has 19 nitrogen and oxygen atoms in total. The molecule has 3 aromatic carbocycles. The molecule has 22 heteroatoms. The first-order valence-corrected chi connectivity index (χ1v) is 25.2. The van der Waals surface area contributed by atoms with E-state index in [1.807, 2.05) is 77.7 Å². The average molecular weight is 1050 g/mol. The molecule has 0 amide bonds. The molecule has 0 saturated carbocycles. The Balaban J connectivity index is 1.37. The first kappa shape index (κ1) is 54.1. The fraction of sp³-hybridized carbons (Fsp3) is 0.235. The van der Waals surface area contributed by atoms with Gasteiger partial charge in [0, 0.05) is 35.7 Å². The van der Waals surface area contributed by atoms with Gasteiger partial charge < -0.3 is 50.5 Å². The van der Waals surface area contributed by atoms with Crippen molar-refractivity contribution in [2.75, 3.05) is 61.7 Å². The number of nitrogens with zero attached hydrogens (tertiary/aromatic N) is 4. The molecule has 0 radical (unpaired) electrons. The molecule has 3 heterocycles. The summed E-state index contributed by atoms with van der Waals surface area (Å²) >= 11 is 2.87. The molecule has 6 rings (SSSR count). The molecular weight excluding hydrogens is 999 g/mol. The van der Waals surface area contributed by atoms with Crippen molar-refractivity contribution in [3.8, 4) is 0 Å². The van der Waals surface area contributed by atoms with Gasteiger partial charge in [-0.05, 0) is 94.6 Å². The van der Waals surface area contributed by atoms with Crippen LogP contribution in [0.5, 0.6) is 0 Å². The lowest BCUT2D eigenvalue weighted by Gasteiger charge is -2.25. The first-order chi connectivity index (χ1) is 35.2. The first-order valence-electron chi connectivity index (χ1n) is 22.7. The number of hydrogen-bond acceptors (Lipinski definition) is 22. The molecule has 0 bridgehead atoms. The summed E-state index contributed by atoms with van der Waals surface area (Å²) in [5, 5.41) is 0.725. The Morgan fingerprint density at radius 2 is 0.589 bits per heavy atom. The lowest BCUT2D eigenvalue weighted by molar-refractivity contribution is 0.0481. The maximum Gasteiger partial charge on any atom is 0.342 e. The molecule has 0 saturated heterocycles. The Labute approximate surface area is 431 Å². The van der Waals surface area contributed by atoms with E-state index in [1.54, 1.807) is 41.5 Å². The molecule has 73 heavy (non-hydrogen) atoms. The molecule has 0 aliphatic carbocycles. The van der Waals surface area contributed by atoms with Crippen LogP contribution >= 0.6 is 34.0 Å². The quantitative estimate of drug-likeness (QED) is 0.0343. The molecule has 0 spiro atoms. The van der Waals surface area contributed by atoms with E-state index in [0.717, 1.165) is 51.1 Å². The summed E-state index contributed by atoms with van der Waals surface area (Å²) in [6.45, 7) is 10.3. The van der Waals surface area contributed by atoms with E-state index in [-0.39, 0.29) is 103 Å². The molecule has 380 valence electrons. The Morgan fingerprint density at radius 3 is 0.795 bits per heavy atom. The number of thiophene rings is 3. The van der Waals surface area contributed by atoms with Crippen molar-refractivity contribution in [3.63, 3.8) is 0 Å². The largest absolute Gasteiger partial charge is 0.462 e. The summed E-state index contributed by atoms with van der Waals surface area (Å²) in [4.78, 5) is 93.2. The third-order valence-electron chi connectivity index (χ3n) is 10.1. The van der Waals surface area contributed by atoms with Gasteiger partial charge in [-0.15, -0.1) is 0 Å². The molecule has 0 unspecified atom stereocenters. The van der Waals surface area contributed by atoms with E-state index in [0.29, 0.717) is 16.7 Å². The molecule has 3 aromatic heterocycles. The maximum atomic E-state index is 13.0. The van der Waals surface area contributed by atoms with Crippen molar-refractivity contribution >= 4 is 136 Å². The molecular formula is C51H51N7O12S3. The molecule has 0 aliphatic heterocycles. The zero-order chi connectivity index (χ0) is 52.8. The third-order valence-corrected chi connectivity index (χ3v) is 12.9. The second-order valence-electron chi connectivity index (χ2n) is 14.8. The number of hydrogen-bond donors (Lipinski definition) is 3. The van der Waals surface area contributed by atoms with Gasteiger partial charge in [0.2, 0.25) is 0 Å². The van der Waals surface area contributed by atoms with Gasteiger partial charge in [0.05, 0.1) is 39.6 Å². The summed E-state index contributed by atoms with van der Waals surface area (Å²) in [5.41, 5.74) is 22.1. The topological polar surface area (TPSA) is 276 Å². The monoisotopic (exact) mass is 1050 g/mol. The van der Waals surface area contributed by atoms with E-state index in [1.165, 1.54) is 18.6 Å². The maximum absolute atomic E-state index is 13.0. The van der Waals surface area contributed by atoms with Gasteiger partial charge in [0.1, 0.15) is 63.4 Å². The average Bonchev–Trinajstić information content (AvgIpc) is 4.02. The molecule has 0 fully saturated rings. The zero-order valence-electron chi connectivity index (χ0n) is 40.5. The summed E-state index contributed by atoms with van der Waals surface area (Å²) < 4.78 is 31.2. The standard InChI is InChI=1S/C51H51N7O12S3/c1-7-65-46(59)34-37(49(62)68-10-4)43(71-40(34)52)55-25-28-13-19-31(20-14-28)58(32-21-15-29(16-22-32)26-56-44-38(50(63)69-11-5)35(41(53)72-44)47(60)66-8-2)33-23-17-30(18-24-33)27-57-45-39(51(64)70-12-6)36(42(54)73-45)48(61)67-9-3/h13-27H,7-12,52-54H2,1-6H3/b55-25+,56-26+,57-27+. The predicted molar refractivity (Wildman–Crippen MR) is 285 cm³/mol. The Bertz CT molecular complexity index is 2760. The van der Waals surface area contributed by atoms with E-state index in [9.17, 15) is 28.8 Å². The highest BCUT2D eigenvalue weighted by atomic mass is 32.1. The lowest BCUT2D eigenvalue weighted by Crippen LogP contribution is -2.13. The second-order valence-corrected chi connectivity index (χ2v) is 17.9. The van der Waals surface area contributed by atoms with E-state index >= 15 is 0 Å². The number of aliphatic imine (C=N–C) groups is 3. The van der Waals surface area contributed by atoms with Crippen LogP contribution in [0.25, 0.3) is 0 Å². The van der Waals surface area contributed by atoms with Crippen molar-refractivity contribution < 1.29 is 57.2 Å². The number of benzene rings is 3. The lowest BCUT2D eigenvalue weighted by atomic mass is 10.1. The molecule has 0 aliphatic rings. The van der Waals surface area contributed by atoms with E-state index < -0.39 is 35.8 Å². The normalized spacial score (nSPS) is 11.3. The van der Waals surface area contributed by atoms with Crippen molar-refractivity contribution in [1.82, 2.24) is 0 Å². The van der Waals surface area contributed by atoms with Crippen LogP contribution in [-0.2, 0) is 28.4 Å². The number of esters is 6. The summed E-state index contributed by atoms with van der Waals surface area (Å²) in [7, 11) is 0. The third kappa shape index (κ3) is 12.6. The smallest absolute Gasteiger partial charge is 0.342 e. The second kappa shape index (κ2) is 25.3. The van der Waals surface area contributed by atoms with Crippen molar-refractivity contribution in [2.24, 2.45) is 15.0 Å². The van der Waals surface area contributed by atoms with Crippen molar-refractivity contribution in [1.29, 1.82) is 0 Å². The minimum atomic E-state index is -0.758. The Hall–Kier alpha value is -8.21. The van der Waals surface area contributed by atoms with Gasteiger partial charge in [-0.25, -0.2) is 43.7 Å². The van der Waals surface area contributed by atoms with Gasteiger partial charge in [0.25, 0.3) is 0 Å². The predicted octanol–water partition coefficient (Wildman–Crippen LogP) is 10.4. The van der Waals surface area contributed by atoms with E-state index in [4.69, 9.17) is 45.6 Å². The van der Waals surface area contributed by atoms with Crippen LogP contribution in [-0.4, -0.2) is 94.1 Å².